The van der Waals surface area contributed by atoms with Crippen LogP contribution in [0.3, 0.4) is 0 Å². The highest BCUT2D eigenvalue weighted by molar-refractivity contribution is 8.15. The smallest absolute Gasteiger partial charge is 0.387 e. The highest BCUT2D eigenvalue weighted by Gasteiger charge is 2.33. The largest absolute Gasteiger partial charge is 0.432 e. The number of halogens is 4. The summed E-state index contributed by atoms with van der Waals surface area (Å²) < 4.78 is 58.7. The van der Waals surface area contributed by atoms with Crippen molar-refractivity contribution >= 4 is 42.5 Å². The molecule has 1 aromatic heterocycles. The number of allylic oxidation sites excluding steroid dienone is 1. The van der Waals surface area contributed by atoms with Gasteiger partial charge in [-0.2, -0.15) is 13.2 Å². The zero-order chi connectivity index (χ0) is 14.8. The molecule has 0 saturated heterocycles. The molecule has 10 heteroatoms. The van der Waals surface area contributed by atoms with Crippen molar-refractivity contribution in [3.63, 3.8) is 0 Å². The van der Waals surface area contributed by atoms with Crippen molar-refractivity contribution < 1.29 is 21.6 Å². The number of hydrogen-bond donors (Lipinski definition) is 2. The Morgan fingerprint density at radius 3 is 2.42 bits per heavy atom. The first kappa shape index (κ1) is 16.0. The lowest BCUT2D eigenvalue weighted by Crippen LogP contribution is -2.21. The van der Waals surface area contributed by atoms with E-state index in [4.69, 9.17) is 16.1 Å². The van der Waals surface area contributed by atoms with Crippen LogP contribution in [-0.4, -0.2) is 27.4 Å². The van der Waals surface area contributed by atoms with Gasteiger partial charge in [0, 0.05) is 17.7 Å². The molecule has 0 amide bonds. The minimum Gasteiger partial charge on any atom is -0.387 e. The van der Waals surface area contributed by atoms with Gasteiger partial charge in [0.15, 0.2) is 0 Å². The highest BCUT2D eigenvalue weighted by Crippen LogP contribution is 2.29. The normalized spacial score (nSPS) is 13.4. The zero-order valence-electron chi connectivity index (χ0n) is 9.38. The van der Waals surface area contributed by atoms with Crippen LogP contribution in [0.1, 0.15) is 4.88 Å². The van der Waals surface area contributed by atoms with Crippen molar-refractivity contribution in [2.75, 3.05) is 7.05 Å². The Hall–Kier alpha value is -1.06. The summed E-state index contributed by atoms with van der Waals surface area (Å²) in [6, 6.07) is 2.50. The molecule has 0 atom stereocenters. The summed E-state index contributed by atoms with van der Waals surface area (Å²) >= 11 is 0.710. The van der Waals surface area contributed by atoms with E-state index in [1.807, 2.05) is 0 Å². The number of hydrogen-bond acceptors (Lipinski definition) is 5. The lowest BCUT2D eigenvalue weighted by molar-refractivity contribution is -0.0583. The van der Waals surface area contributed by atoms with E-state index in [1.165, 1.54) is 19.2 Å². The molecule has 0 aromatic carbocycles. The molecule has 0 fully saturated rings. The summed E-state index contributed by atoms with van der Waals surface area (Å²) in [5.74, 6) is 0. The molecule has 0 aliphatic rings. The first-order valence-corrected chi connectivity index (χ1v) is 7.78. The maximum absolute atomic E-state index is 12.2. The number of rotatable bonds is 4. The molecule has 2 N–H and O–H groups in total. The third-order valence-corrected chi connectivity index (χ3v) is 5.16. The van der Waals surface area contributed by atoms with E-state index in [2.05, 4.69) is 5.32 Å². The molecule has 0 bridgehead atoms. The van der Waals surface area contributed by atoms with Gasteiger partial charge in [0.1, 0.15) is 9.92 Å². The Morgan fingerprint density at radius 2 is 2.05 bits per heavy atom. The molecule has 4 nitrogen and oxygen atoms in total. The minimum atomic E-state index is -4.76. The summed E-state index contributed by atoms with van der Waals surface area (Å²) in [5, 5.41) is 9.35. The fourth-order valence-corrected chi connectivity index (χ4v) is 3.18. The van der Waals surface area contributed by atoms with Gasteiger partial charge in [0.25, 0.3) is 9.05 Å². The molecule has 0 spiro atoms. The second-order valence-electron chi connectivity index (χ2n) is 3.28. The number of alkyl halides is 3. The summed E-state index contributed by atoms with van der Waals surface area (Å²) in [5.41, 5.74) is -1.56. The van der Waals surface area contributed by atoms with E-state index in [9.17, 15) is 21.6 Å². The fourth-order valence-electron chi connectivity index (χ4n) is 1.09. The molecule has 1 rings (SSSR count). The van der Waals surface area contributed by atoms with Crippen LogP contribution in [0.15, 0.2) is 22.4 Å². The van der Waals surface area contributed by atoms with E-state index in [0.29, 0.717) is 17.4 Å². The van der Waals surface area contributed by atoms with Crippen molar-refractivity contribution in [3.8, 4) is 0 Å². The Balaban J connectivity index is 3.15. The molecular weight excluding hydrogens is 325 g/mol. The predicted octanol–water partition coefficient (Wildman–Crippen LogP) is 2.82. The lowest BCUT2D eigenvalue weighted by atomic mass is 10.2. The quantitative estimate of drug-likeness (QED) is 0.658. The molecule has 1 aromatic rings. The van der Waals surface area contributed by atoms with Crippen LogP contribution in [0.2, 0.25) is 0 Å². The third-order valence-electron chi connectivity index (χ3n) is 1.95. The van der Waals surface area contributed by atoms with Gasteiger partial charge < -0.3 is 5.32 Å². The third kappa shape index (κ3) is 4.22. The van der Waals surface area contributed by atoms with E-state index in [-0.39, 0.29) is 14.8 Å². The molecule has 0 aliphatic carbocycles. The van der Waals surface area contributed by atoms with Crippen LogP contribution in [0.5, 0.6) is 0 Å². The number of thiophene rings is 1. The first-order chi connectivity index (χ1) is 8.55. The van der Waals surface area contributed by atoms with Crippen molar-refractivity contribution in [2.24, 2.45) is 0 Å². The summed E-state index contributed by atoms with van der Waals surface area (Å²) in [6.07, 6.45) is -4.18. The Kier molecular flexibility index (Phi) is 4.64. The van der Waals surface area contributed by atoms with Crippen molar-refractivity contribution in [1.29, 1.82) is 5.41 Å². The molecule has 0 aliphatic heterocycles. The molecule has 1 heterocycles. The first-order valence-electron chi connectivity index (χ1n) is 4.65. The second-order valence-corrected chi connectivity index (χ2v) is 7.15. The molecule has 19 heavy (non-hydrogen) atoms. The summed E-state index contributed by atoms with van der Waals surface area (Å²) in [6.45, 7) is 0. The van der Waals surface area contributed by atoms with Crippen molar-refractivity contribution in [1.82, 2.24) is 5.32 Å². The average molecular weight is 333 g/mol. The van der Waals surface area contributed by atoms with E-state index < -0.39 is 20.9 Å². The Bertz CT molecular complexity index is 620. The Morgan fingerprint density at radius 1 is 1.47 bits per heavy atom. The fraction of sp³-hybridized carbons (Fsp3) is 0.222. The van der Waals surface area contributed by atoms with Crippen LogP contribution < -0.4 is 5.32 Å². The Labute approximate surface area is 115 Å². The van der Waals surface area contributed by atoms with Gasteiger partial charge in [-0.25, -0.2) is 8.42 Å². The van der Waals surface area contributed by atoms with E-state index >= 15 is 0 Å². The second kappa shape index (κ2) is 5.51. The van der Waals surface area contributed by atoms with Crippen LogP contribution in [0.4, 0.5) is 13.2 Å². The van der Waals surface area contributed by atoms with Crippen LogP contribution in [-0.2, 0) is 9.05 Å². The molecule has 0 saturated carbocycles. The van der Waals surface area contributed by atoms with Gasteiger partial charge in [0.05, 0.1) is 10.6 Å². The summed E-state index contributed by atoms with van der Waals surface area (Å²) in [4.78, 5) is 0.232. The standard InChI is InChI=1S/C9H8ClF3N2O2S2/c1-15-5(4-7(14)9(11,12)13)6-2-3-8(18-6)19(10,16)17/h2-4,14-15H,1H3/b5-4-,14-7?. The molecule has 0 unspecified atom stereocenters. The maximum Gasteiger partial charge on any atom is 0.432 e. The van der Waals surface area contributed by atoms with Crippen molar-refractivity contribution in [2.45, 2.75) is 10.4 Å². The highest BCUT2D eigenvalue weighted by atomic mass is 35.7. The van der Waals surface area contributed by atoms with Gasteiger partial charge >= 0.3 is 6.18 Å². The zero-order valence-corrected chi connectivity index (χ0v) is 11.8. The lowest BCUT2D eigenvalue weighted by Gasteiger charge is -2.07. The maximum atomic E-state index is 12.2. The molecule has 0 radical (unpaired) electrons. The predicted molar refractivity (Wildman–Crippen MR) is 68.2 cm³/mol. The monoisotopic (exact) mass is 332 g/mol. The van der Waals surface area contributed by atoms with Gasteiger partial charge in [-0.1, -0.05) is 0 Å². The van der Waals surface area contributed by atoms with Gasteiger partial charge in [-0.05, 0) is 18.2 Å². The molecule has 106 valence electrons. The van der Waals surface area contributed by atoms with Crippen LogP contribution in [0, 0.1) is 5.41 Å². The molecular formula is C9H8ClF3N2O2S2. The van der Waals surface area contributed by atoms with E-state index in [0.717, 1.165) is 0 Å². The SMILES string of the molecule is CN/C(=C\C(=N)C(F)(F)F)c1ccc(S(=O)(=O)Cl)s1. The van der Waals surface area contributed by atoms with Gasteiger partial charge in [-0.3, -0.25) is 5.41 Å². The van der Waals surface area contributed by atoms with Gasteiger partial charge in [0.2, 0.25) is 0 Å². The topological polar surface area (TPSA) is 70.0 Å². The van der Waals surface area contributed by atoms with Crippen molar-refractivity contribution in [3.05, 3.63) is 23.1 Å². The average Bonchev–Trinajstić information content (AvgIpc) is 2.72. The number of nitrogens with one attached hydrogen (secondary N) is 2. The van der Waals surface area contributed by atoms with Crippen LogP contribution >= 0.6 is 22.0 Å². The van der Waals surface area contributed by atoms with Gasteiger partial charge in [-0.15, -0.1) is 11.3 Å². The summed E-state index contributed by atoms with van der Waals surface area (Å²) in [7, 11) is 2.56. The minimum absolute atomic E-state index is 0.0149. The van der Waals surface area contributed by atoms with Crippen LogP contribution in [0.25, 0.3) is 5.70 Å². The van der Waals surface area contributed by atoms with E-state index in [1.54, 1.807) is 0 Å².